The predicted molar refractivity (Wildman–Crippen MR) is 82.6 cm³/mol. The van der Waals surface area contributed by atoms with Crippen molar-refractivity contribution in [3.8, 4) is 5.75 Å². The van der Waals surface area contributed by atoms with Gasteiger partial charge in [0.2, 0.25) is 5.82 Å². The molecular weight excluding hydrogens is 286 g/mol. The molecule has 0 radical (unpaired) electrons. The minimum Gasteiger partial charge on any atom is -0.462 e. The second kappa shape index (κ2) is 8.28. The largest absolute Gasteiger partial charge is 0.462 e. The summed E-state index contributed by atoms with van der Waals surface area (Å²) in [5.41, 5.74) is 0.239. The molecule has 4 heteroatoms. The molecule has 0 spiro atoms. The maximum Gasteiger partial charge on any atom is 0.201 e. The zero-order valence-electron chi connectivity index (χ0n) is 13.3. The van der Waals surface area contributed by atoms with Crippen LogP contribution in [0.5, 0.6) is 5.75 Å². The van der Waals surface area contributed by atoms with Crippen molar-refractivity contribution in [2.75, 3.05) is 0 Å². The quantitative estimate of drug-likeness (QED) is 0.658. The maximum absolute atomic E-state index is 14.0. The van der Waals surface area contributed by atoms with Crippen LogP contribution in [0.15, 0.2) is 24.5 Å². The van der Waals surface area contributed by atoms with Crippen molar-refractivity contribution in [2.24, 2.45) is 5.92 Å². The summed E-state index contributed by atoms with van der Waals surface area (Å²) in [6.45, 7) is 4.05. The number of halogens is 2. The molecule has 1 aromatic rings. The Hall–Kier alpha value is -1.42. The Morgan fingerprint density at radius 2 is 1.86 bits per heavy atom. The van der Waals surface area contributed by atoms with Crippen LogP contribution in [-0.4, -0.2) is 6.10 Å². The van der Waals surface area contributed by atoms with Crippen molar-refractivity contribution in [1.29, 1.82) is 0 Å². The van der Waals surface area contributed by atoms with E-state index >= 15 is 0 Å². The SMILES string of the molecule is CC=COc1ccc(COC2CCC(CC)CC2)c(F)c1F. The van der Waals surface area contributed by atoms with Crippen molar-refractivity contribution >= 4 is 0 Å². The molecule has 0 saturated heterocycles. The van der Waals surface area contributed by atoms with E-state index in [1.807, 2.05) is 0 Å². The van der Waals surface area contributed by atoms with E-state index in [1.165, 1.54) is 24.8 Å². The molecule has 0 unspecified atom stereocenters. The van der Waals surface area contributed by atoms with Gasteiger partial charge in [-0.2, -0.15) is 4.39 Å². The molecular formula is C18H24F2O2. The molecule has 0 aromatic heterocycles. The van der Waals surface area contributed by atoms with Gasteiger partial charge in [-0.25, -0.2) is 4.39 Å². The number of benzene rings is 1. The topological polar surface area (TPSA) is 18.5 Å². The second-order valence-electron chi connectivity index (χ2n) is 5.80. The number of rotatable bonds is 6. The fraction of sp³-hybridized carbons (Fsp3) is 0.556. The van der Waals surface area contributed by atoms with E-state index in [0.29, 0.717) is 0 Å². The lowest BCUT2D eigenvalue weighted by Gasteiger charge is -2.27. The lowest BCUT2D eigenvalue weighted by molar-refractivity contribution is 0.00543. The zero-order valence-corrected chi connectivity index (χ0v) is 13.3. The molecule has 0 heterocycles. The highest BCUT2D eigenvalue weighted by molar-refractivity contribution is 5.31. The van der Waals surface area contributed by atoms with Gasteiger partial charge in [-0.1, -0.05) is 19.4 Å². The third-order valence-corrected chi connectivity index (χ3v) is 4.30. The van der Waals surface area contributed by atoms with E-state index in [4.69, 9.17) is 9.47 Å². The van der Waals surface area contributed by atoms with Gasteiger partial charge in [-0.05, 0) is 50.7 Å². The smallest absolute Gasteiger partial charge is 0.201 e. The molecule has 1 saturated carbocycles. The fourth-order valence-electron chi connectivity index (χ4n) is 2.83. The molecule has 2 rings (SSSR count). The highest BCUT2D eigenvalue weighted by atomic mass is 19.2. The third kappa shape index (κ3) is 4.29. The first-order chi connectivity index (χ1) is 10.7. The van der Waals surface area contributed by atoms with Crippen molar-refractivity contribution < 1.29 is 18.3 Å². The number of ether oxygens (including phenoxy) is 2. The molecule has 22 heavy (non-hydrogen) atoms. The summed E-state index contributed by atoms with van der Waals surface area (Å²) in [6.07, 6.45) is 8.63. The first kappa shape index (κ1) is 16.9. The summed E-state index contributed by atoms with van der Waals surface area (Å²) in [5, 5.41) is 0. The molecule has 2 nitrogen and oxygen atoms in total. The summed E-state index contributed by atoms with van der Waals surface area (Å²) in [5.74, 6) is -1.17. The van der Waals surface area contributed by atoms with E-state index in [1.54, 1.807) is 13.0 Å². The Bertz CT molecular complexity index is 506. The third-order valence-electron chi connectivity index (χ3n) is 4.30. The Morgan fingerprint density at radius 1 is 1.14 bits per heavy atom. The first-order valence-corrected chi connectivity index (χ1v) is 8.02. The minimum atomic E-state index is -0.964. The second-order valence-corrected chi connectivity index (χ2v) is 5.80. The molecule has 1 fully saturated rings. The molecule has 0 atom stereocenters. The molecule has 1 aliphatic rings. The fourth-order valence-corrected chi connectivity index (χ4v) is 2.83. The average molecular weight is 310 g/mol. The molecule has 0 amide bonds. The van der Waals surface area contributed by atoms with Crippen LogP contribution in [0.4, 0.5) is 8.78 Å². The van der Waals surface area contributed by atoms with E-state index in [0.717, 1.165) is 31.6 Å². The molecule has 1 aromatic carbocycles. The summed E-state index contributed by atoms with van der Waals surface area (Å²) >= 11 is 0. The highest BCUT2D eigenvalue weighted by Gasteiger charge is 2.21. The minimum absolute atomic E-state index is 0.105. The molecule has 1 aliphatic carbocycles. The number of hydrogen-bond acceptors (Lipinski definition) is 2. The average Bonchev–Trinajstić information content (AvgIpc) is 2.56. The lowest BCUT2D eigenvalue weighted by atomic mass is 9.86. The van der Waals surface area contributed by atoms with Crippen LogP contribution in [0, 0.1) is 17.6 Å². The van der Waals surface area contributed by atoms with E-state index in [-0.39, 0.29) is 24.0 Å². The van der Waals surface area contributed by atoms with Gasteiger partial charge in [0.25, 0.3) is 0 Å². The molecule has 0 aliphatic heterocycles. The van der Waals surface area contributed by atoms with Crippen molar-refractivity contribution in [2.45, 2.75) is 58.7 Å². The van der Waals surface area contributed by atoms with Crippen molar-refractivity contribution in [3.63, 3.8) is 0 Å². The molecule has 122 valence electrons. The zero-order chi connectivity index (χ0) is 15.9. The molecule has 0 bridgehead atoms. The van der Waals surface area contributed by atoms with Gasteiger partial charge in [0.1, 0.15) is 0 Å². The Balaban J connectivity index is 1.92. The van der Waals surface area contributed by atoms with E-state index in [9.17, 15) is 8.78 Å². The summed E-state index contributed by atoms with van der Waals surface area (Å²) in [7, 11) is 0. The van der Waals surface area contributed by atoms with Crippen LogP contribution in [0.3, 0.4) is 0 Å². The van der Waals surface area contributed by atoms with Crippen LogP contribution < -0.4 is 4.74 Å². The maximum atomic E-state index is 14.0. The number of allylic oxidation sites excluding steroid dienone is 1. The van der Waals surface area contributed by atoms with Crippen LogP contribution >= 0.6 is 0 Å². The number of hydrogen-bond donors (Lipinski definition) is 0. The first-order valence-electron chi connectivity index (χ1n) is 8.02. The molecule has 0 N–H and O–H groups in total. The Labute approximate surface area is 131 Å². The van der Waals surface area contributed by atoms with Gasteiger partial charge in [0, 0.05) is 5.56 Å². The van der Waals surface area contributed by atoms with Gasteiger partial charge in [0.05, 0.1) is 19.0 Å². The summed E-state index contributed by atoms with van der Waals surface area (Å²) < 4.78 is 38.6. The summed E-state index contributed by atoms with van der Waals surface area (Å²) in [4.78, 5) is 0. The van der Waals surface area contributed by atoms with Gasteiger partial charge in [0.15, 0.2) is 11.6 Å². The van der Waals surface area contributed by atoms with Crippen LogP contribution in [0.2, 0.25) is 0 Å². The monoisotopic (exact) mass is 310 g/mol. The van der Waals surface area contributed by atoms with Crippen LogP contribution in [-0.2, 0) is 11.3 Å². The van der Waals surface area contributed by atoms with Gasteiger partial charge in [-0.15, -0.1) is 0 Å². The lowest BCUT2D eigenvalue weighted by Crippen LogP contribution is -2.21. The summed E-state index contributed by atoms with van der Waals surface area (Å²) in [6, 6.07) is 2.96. The normalized spacial score (nSPS) is 22.2. The van der Waals surface area contributed by atoms with Gasteiger partial charge in [-0.3, -0.25) is 0 Å². The Kier molecular flexibility index (Phi) is 6.37. The van der Waals surface area contributed by atoms with Crippen LogP contribution in [0.1, 0.15) is 51.5 Å². The van der Waals surface area contributed by atoms with Crippen molar-refractivity contribution in [3.05, 3.63) is 41.7 Å². The Morgan fingerprint density at radius 3 is 2.50 bits per heavy atom. The van der Waals surface area contributed by atoms with Crippen molar-refractivity contribution in [1.82, 2.24) is 0 Å². The van der Waals surface area contributed by atoms with Gasteiger partial charge < -0.3 is 9.47 Å². The predicted octanol–water partition coefficient (Wildman–Crippen LogP) is 5.36. The van der Waals surface area contributed by atoms with Crippen LogP contribution in [0.25, 0.3) is 0 Å². The van der Waals surface area contributed by atoms with E-state index in [2.05, 4.69) is 6.92 Å². The van der Waals surface area contributed by atoms with Gasteiger partial charge >= 0.3 is 0 Å². The highest BCUT2D eigenvalue weighted by Crippen LogP contribution is 2.29. The van der Waals surface area contributed by atoms with E-state index < -0.39 is 11.6 Å². The standard InChI is InChI=1S/C18H24F2O2/c1-3-11-21-16-10-7-14(17(19)18(16)20)12-22-15-8-5-13(4-2)6-9-15/h3,7,10-11,13,15H,4-6,8-9,12H2,1-2H3.